The van der Waals surface area contributed by atoms with E-state index in [2.05, 4.69) is 4.74 Å². The number of esters is 1. The molecule has 7 nitrogen and oxygen atoms in total. The zero-order valence-electron chi connectivity index (χ0n) is 22.1. The van der Waals surface area contributed by atoms with E-state index < -0.39 is 42.1 Å². The molecule has 0 spiro atoms. The molecule has 1 aliphatic rings. The van der Waals surface area contributed by atoms with Crippen LogP contribution in [0.3, 0.4) is 0 Å². The van der Waals surface area contributed by atoms with Crippen LogP contribution in [0.5, 0.6) is 0 Å². The van der Waals surface area contributed by atoms with Crippen molar-refractivity contribution in [1.82, 2.24) is 0 Å². The number of Topliss-reactive ketones (excluding diaryl/α,β-unsaturated/α-hetero) is 1. The molecule has 0 aromatic heterocycles. The van der Waals surface area contributed by atoms with Gasteiger partial charge in [-0.05, 0) is 23.6 Å². The quantitative estimate of drug-likeness (QED) is 0.278. The van der Waals surface area contributed by atoms with Gasteiger partial charge in [0.2, 0.25) is 0 Å². The van der Waals surface area contributed by atoms with Gasteiger partial charge >= 0.3 is 11.9 Å². The first-order chi connectivity index (χ1) is 19.4. The van der Waals surface area contributed by atoms with Crippen molar-refractivity contribution in [2.75, 3.05) is 13.2 Å². The maximum atomic E-state index is 15.3. The van der Waals surface area contributed by atoms with Crippen molar-refractivity contribution in [3.8, 4) is 0 Å². The molecule has 9 heteroatoms. The Morgan fingerprint density at radius 1 is 0.800 bits per heavy atom. The number of ether oxygens (including phenoxy) is 5. The summed E-state index contributed by atoms with van der Waals surface area (Å²) in [4.78, 5) is 25.7. The molecule has 4 unspecified atom stereocenters. The first kappa shape index (κ1) is 29.5. The monoisotopic (exact) mass is 554 g/mol. The van der Waals surface area contributed by atoms with Crippen molar-refractivity contribution in [3.05, 3.63) is 108 Å². The smallest absolute Gasteiger partial charge is 0.380 e. The van der Waals surface area contributed by atoms with E-state index in [-0.39, 0.29) is 33.0 Å². The molecule has 3 aromatic rings. The van der Waals surface area contributed by atoms with Gasteiger partial charge in [-0.25, -0.2) is 4.79 Å². The Bertz CT molecular complexity index is 1210. The summed E-state index contributed by atoms with van der Waals surface area (Å²) >= 11 is 0. The molecule has 0 aliphatic carbocycles. The van der Waals surface area contributed by atoms with Crippen molar-refractivity contribution in [3.63, 3.8) is 0 Å². The van der Waals surface area contributed by atoms with E-state index >= 15 is 8.78 Å². The summed E-state index contributed by atoms with van der Waals surface area (Å²) in [6.45, 7) is 1.13. The van der Waals surface area contributed by atoms with Gasteiger partial charge in [-0.2, -0.15) is 8.78 Å². The van der Waals surface area contributed by atoms with Gasteiger partial charge in [0.25, 0.3) is 0 Å². The van der Waals surface area contributed by atoms with Gasteiger partial charge in [0, 0.05) is 0 Å². The highest BCUT2D eigenvalue weighted by molar-refractivity contribution is 5.95. The summed E-state index contributed by atoms with van der Waals surface area (Å²) in [7, 11) is 0. The van der Waals surface area contributed by atoms with E-state index in [0.717, 1.165) is 16.7 Å². The average Bonchev–Trinajstić information content (AvgIpc) is 2.98. The van der Waals surface area contributed by atoms with Gasteiger partial charge in [-0.15, -0.1) is 0 Å². The van der Waals surface area contributed by atoms with Crippen LogP contribution in [0.1, 0.15) is 23.6 Å². The zero-order valence-corrected chi connectivity index (χ0v) is 22.1. The molecule has 4 rings (SSSR count). The van der Waals surface area contributed by atoms with Crippen LogP contribution in [0, 0.1) is 0 Å². The van der Waals surface area contributed by atoms with Crippen LogP contribution >= 0.6 is 0 Å². The highest BCUT2D eigenvalue weighted by atomic mass is 19.3. The number of benzene rings is 3. The summed E-state index contributed by atoms with van der Waals surface area (Å²) in [5.41, 5.74) is 2.40. The van der Waals surface area contributed by atoms with E-state index in [0.29, 0.717) is 0 Å². The first-order valence-corrected chi connectivity index (χ1v) is 13.1. The number of alkyl halides is 2. The van der Waals surface area contributed by atoms with Gasteiger partial charge in [0.1, 0.15) is 18.3 Å². The van der Waals surface area contributed by atoms with Gasteiger partial charge in [-0.1, -0.05) is 91.0 Å². The van der Waals surface area contributed by atoms with Gasteiger partial charge in [-0.3, -0.25) is 4.79 Å². The Kier molecular flexibility index (Phi) is 10.5. The number of carbonyl (C=O) groups excluding carboxylic acids is 2. The molecule has 0 N–H and O–H groups in total. The van der Waals surface area contributed by atoms with E-state index in [1.54, 1.807) is 24.3 Å². The Hall–Kier alpha value is -3.50. The number of halogens is 2. The van der Waals surface area contributed by atoms with Crippen molar-refractivity contribution in [2.45, 2.75) is 57.1 Å². The SMILES string of the molecule is CCOC(=O)C(F)(F)C1OC(COCc2ccccc2)C(OCc2ccccc2)C(OCc2ccccc2)C1=O. The van der Waals surface area contributed by atoms with Crippen LogP contribution in [0.4, 0.5) is 8.78 Å². The summed E-state index contributed by atoms with van der Waals surface area (Å²) < 4.78 is 58.6. The third-order valence-electron chi connectivity index (χ3n) is 6.34. The normalized spacial score (nSPS) is 21.2. The minimum atomic E-state index is -4.25. The molecule has 0 amide bonds. The topological polar surface area (TPSA) is 80.3 Å². The van der Waals surface area contributed by atoms with Crippen molar-refractivity contribution in [2.24, 2.45) is 0 Å². The Morgan fingerprint density at radius 3 is 1.82 bits per heavy atom. The third kappa shape index (κ3) is 7.57. The van der Waals surface area contributed by atoms with Crippen molar-refractivity contribution < 1.29 is 42.1 Å². The van der Waals surface area contributed by atoms with E-state index in [1.807, 2.05) is 66.7 Å². The second-order valence-electron chi connectivity index (χ2n) is 9.28. The number of hydrogen-bond donors (Lipinski definition) is 0. The maximum Gasteiger partial charge on any atom is 0.380 e. The molecule has 3 aromatic carbocycles. The van der Waals surface area contributed by atoms with Crippen LogP contribution in [0.15, 0.2) is 91.0 Å². The van der Waals surface area contributed by atoms with Crippen LogP contribution in [0.25, 0.3) is 0 Å². The van der Waals surface area contributed by atoms with Crippen LogP contribution < -0.4 is 0 Å². The lowest BCUT2D eigenvalue weighted by molar-refractivity contribution is -0.248. The Labute approximate surface area is 232 Å². The highest BCUT2D eigenvalue weighted by Gasteiger charge is 2.60. The summed E-state index contributed by atoms with van der Waals surface area (Å²) in [5, 5.41) is 0. The second-order valence-corrected chi connectivity index (χ2v) is 9.28. The highest BCUT2D eigenvalue weighted by Crippen LogP contribution is 2.34. The van der Waals surface area contributed by atoms with E-state index in [1.165, 1.54) is 6.92 Å². The van der Waals surface area contributed by atoms with Gasteiger partial charge in [0.15, 0.2) is 11.9 Å². The molecule has 1 aliphatic heterocycles. The molecular formula is C31H32F2O7. The molecular weight excluding hydrogens is 522 g/mol. The molecule has 1 heterocycles. The average molecular weight is 555 g/mol. The van der Waals surface area contributed by atoms with E-state index in [9.17, 15) is 9.59 Å². The fraction of sp³-hybridized carbons (Fsp3) is 0.355. The summed E-state index contributed by atoms with van der Waals surface area (Å²) in [5.74, 6) is -7.20. The number of rotatable bonds is 13. The van der Waals surface area contributed by atoms with Crippen LogP contribution in [0.2, 0.25) is 0 Å². The summed E-state index contributed by atoms with van der Waals surface area (Å²) in [6, 6.07) is 27.5. The predicted octanol–water partition coefficient (Wildman–Crippen LogP) is 4.91. The van der Waals surface area contributed by atoms with Gasteiger partial charge < -0.3 is 23.7 Å². The molecule has 0 bridgehead atoms. The standard InChI is InChI=1S/C31H32F2O7/c1-2-37-30(35)31(32,33)29-26(34)28(39-20-24-16-10-5-11-17-24)27(38-19-23-14-8-4-9-15-23)25(40-29)21-36-18-22-12-6-3-7-13-22/h3-17,25,27-29H,2,18-21H2,1H3. The fourth-order valence-electron chi connectivity index (χ4n) is 4.32. The number of carbonyl (C=O) groups is 2. The Balaban J connectivity index is 1.61. The van der Waals surface area contributed by atoms with Crippen molar-refractivity contribution >= 4 is 11.8 Å². The first-order valence-electron chi connectivity index (χ1n) is 13.1. The number of ketones is 1. The van der Waals surface area contributed by atoms with Crippen LogP contribution in [-0.2, 0) is 53.1 Å². The van der Waals surface area contributed by atoms with Crippen LogP contribution in [-0.4, -0.2) is 55.3 Å². The molecule has 212 valence electrons. The minimum Gasteiger partial charge on any atom is -0.461 e. The van der Waals surface area contributed by atoms with Gasteiger partial charge in [0.05, 0.1) is 33.0 Å². The molecule has 0 radical (unpaired) electrons. The fourth-order valence-corrected chi connectivity index (χ4v) is 4.32. The zero-order chi connectivity index (χ0) is 28.4. The molecule has 1 saturated heterocycles. The lowest BCUT2D eigenvalue weighted by Gasteiger charge is -2.41. The second kappa shape index (κ2) is 14.2. The molecule has 40 heavy (non-hydrogen) atoms. The third-order valence-corrected chi connectivity index (χ3v) is 6.34. The molecule has 0 saturated carbocycles. The van der Waals surface area contributed by atoms with E-state index in [4.69, 9.17) is 18.9 Å². The van der Waals surface area contributed by atoms with Crippen molar-refractivity contribution in [1.29, 1.82) is 0 Å². The Morgan fingerprint density at radius 2 is 1.30 bits per heavy atom. The predicted molar refractivity (Wildman–Crippen MR) is 141 cm³/mol. The number of hydrogen-bond acceptors (Lipinski definition) is 7. The molecule has 1 fully saturated rings. The molecule has 4 atom stereocenters. The lowest BCUT2D eigenvalue weighted by atomic mass is 9.92. The minimum absolute atomic E-state index is 0.0439. The maximum absolute atomic E-state index is 15.3. The lowest BCUT2D eigenvalue weighted by Crippen LogP contribution is -2.64. The summed E-state index contributed by atoms with van der Waals surface area (Å²) in [6.07, 6.45) is -6.15. The largest absolute Gasteiger partial charge is 0.461 e.